The maximum atomic E-state index is 12.6. The van der Waals surface area contributed by atoms with E-state index in [9.17, 15) is 16.8 Å². The topological polar surface area (TPSA) is 110 Å². The first-order chi connectivity index (χ1) is 10.9. The van der Waals surface area contributed by atoms with Gasteiger partial charge in [-0.3, -0.25) is 0 Å². The van der Waals surface area contributed by atoms with Gasteiger partial charge in [-0.2, -0.15) is 4.31 Å². The molecule has 0 fully saturated rings. The summed E-state index contributed by atoms with van der Waals surface area (Å²) in [7, 11) is -5.25. The van der Waals surface area contributed by atoms with Crippen LogP contribution in [0.1, 0.15) is 25.6 Å². The molecule has 24 heavy (non-hydrogen) atoms. The van der Waals surface area contributed by atoms with Crippen LogP contribution < -0.4 is 10.5 Å². The third-order valence-corrected chi connectivity index (χ3v) is 8.40. The summed E-state index contributed by atoms with van der Waals surface area (Å²) in [6.45, 7) is 6.37. The lowest BCUT2D eigenvalue weighted by atomic mass is 9.94. The van der Waals surface area contributed by atoms with E-state index < -0.39 is 20.0 Å². The molecule has 0 atom stereocenters. The second-order valence-electron chi connectivity index (χ2n) is 6.40. The van der Waals surface area contributed by atoms with E-state index in [1.807, 2.05) is 13.8 Å². The minimum Gasteiger partial charge on any atom is -0.330 e. The van der Waals surface area contributed by atoms with Crippen molar-refractivity contribution in [3.63, 3.8) is 0 Å². The van der Waals surface area contributed by atoms with Crippen LogP contribution in [0.2, 0.25) is 0 Å². The molecule has 0 aliphatic heterocycles. The highest BCUT2D eigenvalue weighted by Crippen LogP contribution is 2.26. The third kappa shape index (κ3) is 6.08. The first-order valence-electron chi connectivity index (χ1n) is 7.66. The number of sulfonamides is 2. The van der Waals surface area contributed by atoms with Crippen molar-refractivity contribution in [3.05, 3.63) is 17.0 Å². The van der Waals surface area contributed by atoms with Crippen LogP contribution in [0.15, 0.2) is 16.3 Å². The number of hydrogen-bond donors (Lipinski definition) is 2. The zero-order valence-corrected chi connectivity index (χ0v) is 17.0. The van der Waals surface area contributed by atoms with Crippen molar-refractivity contribution in [2.75, 3.05) is 32.4 Å². The summed E-state index contributed by atoms with van der Waals surface area (Å²) in [4.78, 5) is 0.818. The van der Waals surface area contributed by atoms with Crippen LogP contribution in [0.3, 0.4) is 0 Å². The van der Waals surface area contributed by atoms with Crippen molar-refractivity contribution in [2.24, 2.45) is 11.1 Å². The maximum Gasteiger partial charge on any atom is 0.252 e. The summed E-state index contributed by atoms with van der Waals surface area (Å²) < 4.78 is 52.0. The molecule has 1 heterocycles. The summed E-state index contributed by atoms with van der Waals surface area (Å²) in [6.07, 6.45) is 0.456. The van der Waals surface area contributed by atoms with Gasteiger partial charge >= 0.3 is 0 Å². The summed E-state index contributed by atoms with van der Waals surface area (Å²) >= 11 is 1.16. The van der Waals surface area contributed by atoms with Gasteiger partial charge in [-0.05, 0) is 37.4 Å². The van der Waals surface area contributed by atoms with E-state index in [1.165, 1.54) is 4.31 Å². The van der Waals surface area contributed by atoms with Crippen molar-refractivity contribution in [3.8, 4) is 0 Å². The Morgan fingerprint density at radius 1 is 1.25 bits per heavy atom. The maximum absolute atomic E-state index is 12.6. The second-order valence-corrected chi connectivity index (χ2v) is 11.9. The number of nitrogens with zero attached hydrogens (tertiary/aromatic N) is 1. The first-order valence-corrected chi connectivity index (χ1v) is 11.6. The molecule has 0 spiro atoms. The predicted octanol–water partition coefficient (Wildman–Crippen LogP) is 0.835. The van der Waals surface area contributed by atoms with Gasteiger partial charge in [0.25, 0.3) is 10.0 Å². The van der Waals surface area contributed by atoms with Gasteiger partial charge < -0.3 is 5.73 Å². The zero-order chi connectivity index (χ0) is 18.6. The molecule has 0 saturated heterocycles. The van der Waals surface area contributed by atoms with E-state index in [0.717, 1.165) is 16.2 Å². The molecule has 140 valence electrons. The molecule has 1 aromatic heterocycles. The quantitative estimate of drug-likeness (QED) is 0.608. The van der Waals surface area contributed by atoms with Crippen molar-refractivity contribution in [1.29, 1.82) is 0 Å². The standard InChI is InChI=1S/C14H27N3O4S3/c1-5-23(18,19)16-9-8-12-6-7-13(22-12)24(20,21)17(4)11-14(2,3)10-15/h6-7,16H,5,8-11,15H2,1-4H3. The van der Waals surface area contributed by atoms with Crippen molar-refractivity contribution < 1.29 is 16.8 Å². The average Bonchev–Trinajstić information content (AvgIpc) is 2.96. The molecule has 0 aromatic carbocycles. The summed E-state index contributed by atoms with van der Waals surface area (Å²) in [5.41, 5.74) is 5.36. The molecular formula is C14H27N3O4S3. The zero-order valence-electron chi connectivity index (χ0n) is 14.6. The van der Waals surface area contributed by atoms with Gasteiger partial charge in [0.05, 0.1) is 5.75 Å². The van der Waals surface area contributed by atoms with Gasteiger partial charge in [0.15, 0.2) is 0 Å². The van der Waals surface area contributed by atoms with Crippen LogP contribution in [-0.2, 0) is 26.5 Å². The molecule has 0 radical (unpaired) electrons. The highest BCUT2D eigenvalue weighted by Gasteiger charge is 2.28. The van der Waals surface area contributed by atoms with E-state index >= 15 is 0 Å². The minimum atomic E-state index is -3.56. The lowest BCUT2D eigenvalue weighted by Crippen LogP contribution is -2.39. The van der Waals surface area contributed by atoms with Gasteiger partial charge in [-0.1, -0.05) is 13.8 Å². The molecule has 1 aromatic rings. The minimum absolute atomic E-state index is 0.0266. The number of hydrogen-bond acceptors (Lipinski definition) is 6. The van der Waals surface area contributed by atoms with Gasteiger partial charge in [0.1, 0.15) is 4.21 Å². The van der Waals surface area contributed by atoms with Crippen LogP contribution >= 0.6 is 11.3 Å². The summed E-state index contributed by atoms with van der Waals surface area (Å²) in [5, 5.41) is 0. The van der Waals surface area contributed by atoms with Crippen molar-refractivity contribution in [1.82, 2.24) is 9.03 Å². The van der Waals surface area contributed by atoms with Crippen molar-refractivity contribution in [2.45, 2.75) is 31.4 Å². The van der Waals surface area contributed by atoms with Crippen molar-refractivity contribution >= 4 is 31.4 Å². The Hall–Kier alpha value is -0.520. The Bertz CT molecular complexity index is 739. The number of rotatable bonds is 10. The van der Waals surface area contributed by atoms with E-state index in [1.54, 1.807) is 26.1 Å². The molecule has 0 bridgehead atoms. The molecule has 0 unspecified atom stereocenters. The normalized spacial score (nSPS) is 13.6. The molecule has 0 amide bonds. The Balaban J connectivity index is 2.76. The monoisotopic (exact) mass is 397 g/mol. The fraction of sp³-hybridized carbons (Fsp3) is 0.714. The fourth-order valence-corrected chi connectivity index (χ4v) is 5.51. The molecule has 0 aliphatic rings. The van der Waals surface area contributed by atoms with Gasteiger partial charge in [0.2, 0.25) is 10.0 Å². The van der Waals surface area contributed by atoms with E-state index in [0.29, 0.717) is 19.5 Å². The molecule has 3 N–H and O–H groups in total. The largest absolute Gasteiger partial charge is 0.330 e. The Morgan fingerprint density at radius 2 is 1.88 bits per heavy atom. The van der Waals surface area contributed by atoms with Crippen LogP contribution in [0, 0.1) is 5.41 Å². The molecular weight excluding hydrogens is 370 g/mol. The van der Waals surface area contributed by atoms with E-state index in [2.05, 4.69) is 4.72 Å². The second kappa shape index (κ2) is 8.24. The number of nitrogens with two attached hydrogens (primary N) is 1. The smallest absolute Gasteiger partial charge is 0.252 e. The summed E-state index contributed by atoms with van der Waals surface area (Å²) in [6, 6.07) is 3.29. The Morgan fingerprint density at radius 3 is 2.42 bits per heavy atom. The highest BCUT2D eigenvalue weighted by molar-refractivity contribution is 7.91. The van der Waals surface area contributed by atoms with Crippen LogP contribution in [-0.4, -0.2) is 53.6 Å². The van der Waals surface area contributed by atoms with Crippen LogP contribution in [0.5, 0.6) is 0 Å². The van der Waals surface area contributed by atoms with Crippen LogP contribution in [0.25, 0.3) is 0 Å². The average molecular weight is 398 g/mol. The summed E-state index contributed by atoms with van der Waals surface area (Å²) in [5.74, 6) is 0.0266. The third-order valence-electron chi connectivity index (χ3n) is 3.58. The lowest BCUT2D eigenvalue weighted by molar-refractivity contribution is 0.292. The van der Waals surface area contributed by atoms with Crippen LogP contribution in [0.4, 0.5) is 0 Å². The van der Waals surface area contributed by atoms with Gasteiger partial charge in [-0.25, -0.2) is 21.6 Å². The molecule has 0 aliphatic carbocycles. The molecule has 7 nitrogen and oxygen atoms in total. The highest BCUT2D eigenvalue weighted by atomic mass is 32.2. The van der Waals surface area contributed by atoms with E-state index in [4.69, 9.17) is 5.73 Å². The van der Waals surface area contributed by atoms with Gasteiger partial charge in [-0.15, -0.1) is 11.3 Å². The fourth-order valence-electron chi connectivity index (χ4n) is 1.97. The molecule has 10 heteroatoms. The Labute approximate surface area is 149 Å². The Kier molecular flexibility index (Phi) is 7.39. The molecule has 0 saturated carbocycles. The molecule has 1 rings (SSSR count). The SMILES string of the molecule is CCS(=O)(=O)NCCc1ccc(S(=O)(=O)N(C)CC(C)(C)CN)s1. The van der Waals surface area contributed by atoms with Gasteiger partial charge in [0, 0.05) is 25.0 Å². The van der Waals surface area contributed by atoms with E-state index in [-0.39, 0.29) is 21.9 Å². The predicted molar refractivity (Wildman–Crippen MR) is 98.1 cm³/mol. The number of thiophene rings is 1. The number of nitrogens with one attached hydrogen (secondary N) is 1. The lowest BCUT2D eigenvalue weighted by Gasteiger charge is -2.28. The first kappa shape index (κ1) is 21.5.